The van der Waals surface area contributed by atoms with Gasteiger partial charge in [-0.05, 0) is 42.5 Å². The Bertz CT molecular complexity index is 993. The Kier molecular flexibility index (Phi) is 3.54. The van der Waals surface area contributed by atoms with Crippen LogP contribution in [0.4, 0.5) is 0 Å². The van der Waals surface area contributed by atoms with E-state index in [2.05, 4.69) is 15.9 Å². The second-order valence-corrected chi connectivity index (χ2v) is 7.44. The second kappa shape index (κ2) is 5.26. The molecule has 0 aliphatic heterocycles. The SMILES string of the molecule is NC(=O)c1cccc(S(=O)(=O)n2ccc3cc(Br)ccc32)c1. The molecular weight excluding hydrogens is 368 g/mol. The number of aromatic nitrogens is 1. The standard InChI is InChI=1S/C15H11BrN2O3S/c16-12-4-5-14-10(8-12)6-7-18(14)22(20,21)13-3-1-2-11(9-13)15(17)19/h1-9H,(H2,17,19). The zero-order valence-corrected chi connectivity index (χ0v) is 13.6. The highest BCUT2D eigenvalue weighted by Crippen LogP contribution is 2.25. The first-order valence-electron chi connectivity index (χ1n) is 6.32. The Morgan fingerprint density at radius 1 is 1.09 bits per heavy atom. The van der Waals surface area contributed by atoms with E-state index in [9.17, 15) is 13.2 Å². The van der Waals surface area contributed by atoms with Crippen molar-refractivity contribution in [3.8, 4) is 0 Å². The van der Waals surface area contributed by atoms with E-state index in [-0.39, 0.29) is 10.5 Å². The van der Waals surface area contributed by atoms with Gasteiger partial charge >= 0.3 is 0 Å². The van der Waals surface area contributed by atoms with Gasteiger partial charge in [0.05, 0.1) is 10.4 Å². The molecule has 0 saturated carbocycles. The van der Waals surface area contributed by atoms with E-state index in [0.717, 1.165) is 9.86 Å². The van der Waals surface area contributed by atoms with Crippen molar-refractivity contribution in [3.63, 3.8) is 0 Å². The fraction of sp³-hybridized carbons (Fsp3) is 0. The van der Waals surface area contributed by atoms with Crippen molar-refractivity contribution >= 4 is 42.8 Å². The quantitative estimate of drug-likeness (QED) is 0.760. The molecule has 112 valence electrons. The molecule has 0 bridgehead atoms. The molecule has 0 spiro atoms. The molecule has 0 saturated heterocycles. The van der Waals surface area contributed by atoms with Crippen LogP contribution in [0, 0.1) is 0 Å². The van der Waals surface area contributed by atoms with Crippen LogP contribution in [0.25, 0.3) is 10.9 Å². The highest BCUT2D eigenvalue weighted by Gasteiger charge is 2.19. The summed E-state index contributed by atoms with van der Waals surface area (Å²) in [5.41, 5.74) is 5.92. The van der Waals surface area contributed by atoms with Crippen molar-refractivity contribution < 1.29 is 13.2 Å². The van der Waals surface area contributed by atoms with E-state index in [1.807, 2.05) is 6.07 Å². The van der Waals surface area contributed by atoms with E-state index in [1.54, 1.807) is 18.2 Å². The summed E-state index contributed by atoms with van der Waals surface area (Å²) < 4.78 is 27.6. The fourth-order valence-electron chi connectivity index (χ4n) is 2.22. The van der Waals surface area contributed by atoms with E-state index in [4.69, 9.17) is 5.73 Å². The lowest BCUT2D eigenvalue weighted by Crippen LogP contribution is -2.15. The van der Waals surface area contributed by atoms with Crippen LogP contribution in [0.1, 0.15) is 10.4 Å². The first-order valence-corrected chi connectivity index (χ1v) is 8.55. The number of fused-ring (bicyclic) bond motifs is 1. The van der Waals surface area contributed by atoms with Gasteiger partial charge in [-0.15, -0.1) is 0 Å². The van der Waals surface area contributed by atoms with Crippen molar-refractivity contribution in [3.05, 3.63) is 64.8 Å². The van der Waals surface area contributed by atoms with Gasteiger partial charge < -0.3 is 5.73 Å². The third-order valence-electron chi connectivity index (χ3n) is 3.29. The van der Waals surface area contributed by atoms with Gasteiger partial charge in [0.1, 0.15) is 0 Å². The molecule has 2 aromatic carbocycles. The summed E-state index contributed by atoms with van der Waals surface area (Å²) in [6.45, 7) is 0. The molecule has 0 unspecified atom stereocenters. The number of carbonyl (C=O) groups excluding carboxylic acids is 1. The number of nitrogens with zero attached hydrogens (tertiary/aromatic N) is 1. The molecule has 3 aromatic rings. The van der Waals surface area contributed by atoms with Crippen LogP contribution >= 0.6 is 15.9 Å². The normalized spacial score (nSPS) is 11.7. The first-order chi connectivity index (χ1) is 10.4. The first kappa shape index (κ1) is 14.8. The maximum absolute atomic E-state index is 12.8. The summed E-state index contributed by atoms with van der Waals surface area (Å²) in [4.78, 5) is 11.2. The number of halogens is 1. The van der Waals surface area contributed by atoms with E-state index >= 15 is 0 Å². The Balaban J connectivity index is 2.20. The van der Waals surface area contributed by atoms with Crippen LogP contribution in [0.5, 0.6) is 0 Å². The minimum absolute atomic E-state index is 0.0178. The zero-order valence-electron chi connectivity index (χ0n) is 11.2. The van der Waals surface area contributed by atoms with Gasteiger partial charge in [-0.1, -0.05) is 22.0 Å². The minimum atomic E-state index is -3.80. The van der Waals surface area contributed by atoms with Crippen molar-refractivity contribution in [1.29, 1.82) is 0 Å². The lowest BCUT2D eigenvalue weighted by Gasteiger charge is -2.08. The average Bonchev–Trinajstić information content (AvgIpc) is 2.91. The van der Waals surface area contributed by atoms with Gasteiger partial charge in [0.2, 0.25) is 5.91 Å². The number of amides is 1. The highest BCUT2D eigenvalue weighted by molar-refractivity contribution is 9.10. The van der Waals surface area contributed by atoms with E-state index in [0.29, 0.717) is 5.52 Å². The van der Waals surface area contributed by atoms with Crippen molar-refractivity contribution in [1.82, 2.24) is 3.97 Å². The smallest absolute Gasteiger partial charge is 0.268 e. The molecular formula is C15H11BrN2O3S. The van der Waals surface area contributed by atoms with Crippen molar-refractivity contribution in [2.45, 2.75) is 4.90 Å². The molecule has 7 heteroatoms. The molecule has 3 rings (SSSR count). The summed E-state index contributed by atoms with van der Waals surface area (Å²) in [6.07, 6.45) is 1.49. The Labute approximate surface area is 135 Å². The molecule has 0 aliphatic rings. The average molecular weight is 379 g/mol. The summed E-state index contributed by atoms with van der Waals surface area (Å²) in [7, 11) is -3.80. The number of carbonyl (C=O) groups is 1. The molecule has 0 radical (unpaired) electrons. The highest BCUT2D eigenvalue weighted by atomic mass is 79.9. The van der Waals surface area contributed by atoms with Crippen LogP contribution in [-0.4, -0.2) is 18.3 Å². The maximum Gasteiger partial charge on any atom is 0.268 e. The molecule has 0 aliphatic carbocycles. The largest absolute Gasteiger partial charge is 0.366 e. The monoisotopic (exact) mass is 378 g/mol. The summed E-state index contributed by atoms with van der Waals surface area (Å²) in [5.74, 6) is -0.668. The summed E-state index contributed by atoms with van der Waals surface area (Å²) in [5, 5.41) is 0.795. The maximum atomic E-state index is 12.8. The lowest BCUT2D eigenvalue weighted by atomic mass is 10.2. The van der Waals surface area contributed by atoms with Crippen LogP contribution < -0.4 is 5.73 Å². The topological polar surface area (TPSA) is 82.2 Å². The number of primary amides is 1. The van der Waals surface area contributed by atoms with Gasteiger partial charge in [0, 0.05) is 21.6 Å². The van der Waals surface area contributed by atoms with Crippen molar-refractivity contribution in [2.24, 2.45) is 5.73 Å². The van der Waals surface area contributed by atoms with Crippen LogP contribution in [0.3, 0.4) is 0 Å². The molecule has 1 heterocycles. The van der Waals surface area contributed by atoms with Crippen LogP contribution in [0.15, 0.2) is 64.1 Å². The van der Waals surface area contributed by atoms with Crippen LogP contribution in [-0.2, 0) is 10.0 Å². The predicted molar refractivity (Wildman–Crippen MR) is 87.2 cm³/mol. The van der Waals surface area contributed by atoms with E-state index < -0.39 is 15.9 Å². The van der Waals surface area contributed by atoms with Gasteiger partial charge in [0.15, 0.2) is 0 Å². The van der Waals surface area contributed by atoms with E-state index in [1.165, 1.54) is 34.4 Å². The molecule has 5 nitrogen and oxygen atoms in total. The lowest BCUT2D eigenvalue weighted by molar-refractivity contribution is 0.1000. The number of rotatable bonds is 3. The molecule has 0 atom stereocenters. The number of hydrogen-bond acceptors (Lipinski definition) is 3. The second-order valence-electron chi connectivity index (χ2n) is 4.71. The summed E-state index contributed by atoms with van der Waals surface area (Å²) in [6, 6.07) is 12.7. The van der Waals surface area contributed by atoms with Gasteiger partial charge in [0.25, 0.3) is 10.0 Å². The number of nitrogens with two attached hydrogens (primary N) is 1. The van der Waals surface area contributed by atoms with Gasteiger partial charge in [-0.25, -0.2) is 12.4 Å². The Morgan fingerprint density at radius 2 is 1.86 bits per heavy atom. The number of benzene rings is 2. The molecule has 22 heavy (non-hydrogen) atoms. The number of hydrogen-bond donors (Lipinski definition) is 1. The molecule has 1 amide bonds. The fourth-order valence-corrected chi connectivity index (χ4v) is 4.00. The molecule has 0 fully saturated rings. The molecule has 2 N–H and O–H groups in total. The third kappa shape index (κ3) is 2.42. The predicted octanol–water partition coefficient (Wildman–Crippen LogP) is 2.74. The minimum Gasteiger partial charge on any atom is -0.366 e. The van der Waals surface area contributed by atoms with Gasteiger partial charge in [-0.2, -0.15) is 0 Å². The Morgan fingerprint density at radius 3 is 2.59 bits per heavy atom. The molecule has 1 aromatic heterocycles. The third-order valence-corrected chi connectivity index (χ3v) is 5.47. The zero-order chi connectivity index (χ0) is 15.9. The van der Waals surface area contributed by atoms with Crippen molar-refractivity contribution in [2.75, 3.05) is 0 Å². The summed E-state index contributed by atoms with van der Waals surface area (Å²) >= 11 is 3.35. The Hall–Kier alpha value is -2.12. The van der Waals surface area contributed by atoms with Crippen LogP contribution in [0.2, 0.25) is 0 Å². The van der Waals surface area contributed by atoms with Gasteiger partial charge in [-0.3, -0.25) is 4.79 Å².